The van der Waals surface area contributed by atoms with E-state index < -0.39 is 17.7 Å². The van der Waals surface area contributed by atoms with Crippen molar-refractivity contribution in [3.63, 3.8) is 0 Å². The largest absolute Gasteiger partial charge is 0.416 e. The maximum absolute atomic E-state index is 12.7. The Morgan fingerprint density at radius 3 is 2.16 bits per heavy atom. The fourth-order valence-electron chi connectivity index (χ4n) is 2.43. The van der Waals surface area contributed by atoms with Gasteiger partial charge < -0.3 is 0 Å². The maximum atomic E-state index is 12.7. The van der Waals surface area contributed by atoms with Crippen molar-refractivity contribution in [2.24, 2.45) is 0 Å². The highest BCUT2D eigenvalue weighted by Gasteiger charge is 2.33. The molecule has 19 heavy (non-hydrogen) atoms. The Kier molecular flexibility index (Phi) is 3.47. The van der Waals surface area contributed by atoms with Gasteiger partial charge in [-0.15, -0.1) is 0 Å². The molecule has 1 saturated carbocycles. The Morgan fingerprint density at radius 1 is 1.05 bits per heavy atom. The Bertz CT molecular complexity index is 516. The van der Waals surface area contributed by atoms with Crippen molar-refractivity contribution in [1.82, 2.24) is 0 Å². The molecule has 0 atom stereocenters. The summed E-state index contributed by atoms with van der Waals surface area (Å²) in [5.74, 6) is -0.817. The number of ketones is 2. The third-order valence-electron chi connectivity index (χ3n) is 3.24. The number of hydrogen-bond donors (Lipinski definition) is 0. The zero-order valence-electron chi connectivity index (χ0n) is 10.4. The second kappa shape index (κ2) is 4.79. The lowest BCUT2D eigenvalue weighted by atomic mass is 9.81. The van der Waals surface area contributed by atoms with Gasteiger partial charge in [-0.3, -0.25) is 9.59 Å². The van der Waals surface area contributed by atoms with Crippen LogP contribution in [0.4, 0.5) is 13.2 Å². The first-order chi connectivity index (χ1) is 8.75. The summed E-state index contributed by atoms with van der Waals surface area (Å²) in [6.07, 6.45) is -4.21. The molecule has 1 aromatic carbocycles. The summed E-state index contributed by atoms with van der Waals surface area (Å²) >= 11 is 0. The Balaban J connectivity index is 2.37. The van der Waals surface area contributed by atoms with Gasteiger partial charge in [0.2, 0.25) is 0 Å². The summed E-state index contributed by atoms with van der Waals surface area (Å²) < 4.78 is 38.2. The molecule has 0 aliphatic heterocycles. The van der Waals surface area contributed by atoms with E-state index >= 15 is 0 Å². The number of Topliss-reactive ketones (excluding diaryl/α,β-unsaturated/α-hetero) is 2. The minimum Gasteiger partial charge on any atom is -0.299 e. The van der Waals surface area contributed by atoms with E-state index in [2.05, 4.69) is 0 Å². The summed E-state index contributed by atoms with van der Waals surface area (Å²) in [5.41, 5.74) is 0.178. The monoisotopic (exact) mass is 270 g/mol. The molecule has 0 amide bonds. The SMILES string of the molecule is Cc1cc(C2CC(=O)CC(=O)C2)cc(C(F)(F)F)c1. The molecule has 1 fully saturated rings. The zero-order chi connectivity index (χ0) is 14.2. The second-order valence-corrected chi connectivity index (χ2v) is 4.99. The molecule has 0 bridgehead atoms. The number of alkyl halides is 3. The summed E-state index contributed by atoms with van der Waals surface area (Å²) in [5, 5.41) is 0. The van der Waals surface area contributed by atoms with E-state index in [1.807, 2.05) is 0 Å². The smallest absolute Gasteiger partial charge is 0.299 e. The van der Waals surface area contributed by atoms with Gasteiger partial charge in [-0.25, -0.2) is 0 Å². The lowest BCUT2D eigenvalue weighted by Crippen LogP contribution is -2.21. The van der Waals surface area contributed by atoms with Crippen LogP contribution in [0.25, 0.3) is 0 Å². The van der Waals surface area contributed by atoms with Gasteiger partial charge in [-0.05, 0) is 30.5 Å². The van der Waals surface area contributed by atoms with Crippen molar-refractivity contribution < 1.29 is 22.8 Å². The Morgan fingerprint density at radius 2 is 1.63 bits per heavy atom. The number of rotatable bonds is 1. The summed E-state index contributed by atoms with van der Waals surface area (Å²) in [6.45, 7) is 1.57. The number of hydrogen-bond acceptors (Lipinski definition) is 2. The summed E-state index contributed by atoms with van der Waals surface area (Å²) in [7, 11) is 0. The van der Waals surface area contributed by atoms with E-state index in [0.29, 0.717) is 11.1 Å². The average Bonchev–Trinajstić information content (AvgIpc) is 2.25. The predicted octanol–water partition coefficient (Wildman–Crippen LogP) is 3.42. The van der Waals surface area contributed by atoms with E-state index in [1.54, 1.807) is 13.0 Å². The van der Waals surface area contributed by atoms with Crippen LogP contribution in [0.15, 0.2) is 18.2 Å². The van der Waals surface area contributed by atoms with E-state index in [4.69, 9.17) is 0 Å². The first-order valence-electron chi connectivity index (χ1n) is 5.98. The van der Waals surface area contributed by atoms with E-state index in [-0.39, 0.29) is 30.8 Å². The van der Waals surface area contributed by atoms with Crippen LogP contribution in [-0.4, -0.2) is 11.6 Å². The summed E-state index contributed by atoms with van der Waals surface area (Å²) in [4.78, 5) is 22.8. The van der Waals surface area contributed by atoms with Crippen LogP contribution < -0.4 is 0 Å². The second-order valence-electron chi connectivity index (χ2n) is 4.99. The number of carbonyl (C=O) groups is 2. The third kappa shape index (κ3) is 3.22. The topological polar surface area (TPSA) is 34.1 Å². The van der Waals surface area contributed by atoms with Gasteiger partial charge in [0.15, 0.2) is 0 Å². The number of carbonyl (C=O) groups excluding carboxylic acids is 2. The van der Waals surface area contributed by atoms with Crippen molar-refractivity contribution in [1.29, 1.82) is 0 Å². The fourth-order valence-corrected chi connectivity index (χ4v) is 2.43. The highest BCUT2D eigenvalue weighted by atomic mass is 19.4. The van der Waals surface area contributed by atoms with Gasteiger partial charge in [-0.1, -0.05) is 11.6 Å². The van der Waals surface area contributed by atoms with Crippen LogP contribution in [0, 0.1) is 6.92 Å². The van der Waals surface area contributed by atoms with E-state index in [9.17, 15) is 22.8 Å². The van der Waals surface area contributed by atoms with Crippen molar-refractivity contribution in [3.05, 3.63) is 34.9 Å². The number of benzene rings is 1. The van der Waals surface area contributed by atoms with Crippen LogP contribution in [0.1, 0.15) is 41.9 Å². The quantitative estimate of drug-likeness (QED) is 0.733. The fraction of sp³-hybridized carbons (Fsp3) is 0.429. The molecule has 0 saturated heterocycles. The van der Waals surface area contributed by atoms with Crippen LogP contribution >= 0.6 is 0 Å². The zero-order valence-corrected chi connectivity index (χ0v) is 10.4. The summed E-state index contributed by atoms with van der Waals surface area (Å²) in [6, 6.07) is 3.73. The molecule has 2 nitrogen and oxygen atoms in total. The Labute approximate surface area is 108 Å². The van der Waals surface area contributed by atoms with Gasteiger partial charge in [0.1, 0.15) is 11.6 Å². The highest BCUT2D eigenvalue weighted by molar-refractivity contribution is 6.02. The molecule has 0 spiro atoms. The van der Waals surface area contributed by atoms with Crippen LogP contribution in [0.2, 0.25) is 0 Å². The number of halogens is 3. The highest BCUT2D eigenvalue weighted by Crippen LogP contribution is 2.35. The van der Waals surface area contributed by atoms with Gasteiger partial charge in [0, 0.05) is 12.8 Å². The first-order valence-corrected chi connectivity index (χ1v) is 5.98. The van der Waals surface area contributed by atoms with Gasteiger partial charge >= 0.3 is 6.18 Å². The molecular formula is C14H13F3O2. The van der Waals surface area contributed by atoms with E-state index in [0.717, 1.165) is 12.1 Å². The lowest BCUT2D eigenvalue weighted by molar-refractivity contribution is -0.137. The van der Waals surface area contributed by atoms with Crippen molar-refractivity contribution >= 4 is 11.6 Å². The maximum Gasteiger partial charge on any atom is 0.416 e. The van der Waals surface area contributed by atoms with Gasteiger partial charge in [-0.2, -0.15) is 13.2 Å². The van der Waals surface area contributed by atoms with Crippen LogP contribution in [-0.2, 0) is 15.8 Å². The van der Waals surface area contributed by atoms with Crippen molar-refractivity contribution in [2.45, 2.75) is 38.3 Å². The molecule has 0 unspecified atom stereocenters. The molecule has 0 radical (unpaired) electrons. The minimum absolute atomic E-state index is 0.0888. The van der Waals surface area contributed by atoms with Crippen LogP contribution in [0.3, 0.4) is 0 Å². The average molecular weight is 270 g/mol. The molecule has 1 aliphatic rings. The van der Waals surface area contributed by atoms with Crippen LogP contribution in [0.5, 0.6) is 0 Å². The lowest BCUT2D eigenvalue weighted by Gasteiger charge is -2.22. The van der Waals surface area contributed by atoms with Crippen molar-refractivity contribution in [3.8, 4) is 0 Å². The molecule has 0 heterocycles. The third-order valence-corrected chi connectivity index (χ3v) is 3.24. The predicted molar refractivity (Wildman–Crippen MR) is 62.8 cm³/mol. The van der Waals surface area contributed by atoms with Crippen molar-refractivity contribution in [2.75, 3.05) is 0 Å². The number of aryl methyl sites for hydroxylation is 1. The van der Waals surface area contributed by atoms with E-state index in [1.165, 1.54) is 0 Å². The molecule has 1 aliphatic carbocycles. The normalized spacial score (nSPS) is 17.9. The van der Waals surface area contributed by atoms with Gasteiger partial charge in [0.05, 0.1) is 12.0 Å². The molecule has 102 valence electrons. The molecule has 2 rings (SSSR count). The standard InChI is InChI=1S/C14H13F3O2/c1-8-2-9(4-11(3-8)14(15,16)17)10-5-12(18)7-13(19)6-10/h2-4,10H,5-7H2,1H3. The molecule has 0 aromatic heterocycles. The molecule has 0 N–H and O–H groups in total. The Hall–Kier alpha value is -1.65. The minimum atomic E-state index is -4.41. The first kappa shape index (κ1) is 13.8. The molecular weight excluding hydrogens is 257 g/mol. The van der Waals surface area contributed by atoms with Gasteiger partial charge in [0.25, 0.3) is 0 Å². The molecule has 1 aromatic rings. The molecule has 5 heteroatoms.